The van der Waals surface area contributed by atoms with Gasteiger partial charge in [0.25, 0.3) is 0 Å². The van der Waals surface area contributed by atoms with Gasteiger partial charge in [-0.25, -0.2) is 4.79 Å². The Labute approximate surface area is 211 Å². The summed E-state index contributed by atoms with van der Waals surface area (Å²) in [5, 5.41) is 10.7. The van der Waals surface area contributed by atoms with E-state index >= 15 is 0 Å². The maximum absolute atomic E-state index is 11.2. The Morgan fingerprint density at radius 2 is 1.92 bits per heavy atom. The number of furan rings is 1. The second kappa shape index (κ2) is 12.1. The Balaban J connectivity index is 0.000000454. The summed E-state index contributed by atoms with van der Waals surface area (Å²) in [7, 11) is 0. The van der Waals surface area contributed by atoms with Crippen LogP contribution in [0.3, 0.4) is 0 Å². The summed E-state index contributed by atoms with van der Waals surface area (Å²) in [5.74, 6) is -1.03. The molecule has 2 fully saturated rings. The number of carbonyl (C=O) groups excluding carboxylic acids is 1. The van der Waals surface area contributed by atoms with Crippen LogP contribution in [0.2, 0.25) is 5.02 Å². The van der Waals surface area contributed by atoms with Gasteiger partial charge in [0.05, 0.1) is 25.9 Å². The Hall–Kier alpha value is -2.60. The number of alkyl halides is 3. The molecule has 0 saturated carbocycles. The molecule has 0 aliphatic carbocycles. The van der Waals surface area contributed by atoms with Crippen molar-refractivity contribution >= 4 is 23.5 Å². The Morgan fingerprint density at radius 1 is 1.22 bits per heavy atom. The van der Waals surface area contributed by atoms with Crippen LogP contribution in [-0.2, 0) is 25.6 Å². The quantitative estimate of drug-likeness (QED) is 0.597. The standard InChI is InChI=1S/C22H27ClN2O4.C2HF3O2/c1-16(26)24-12-19-8-9-22(29-19)14-25(10-11-27-15-22)13-20-6-7-21(28-20)17-2-4-18(23)5-3-17;3-2(4,5)1(6)7/h2-7,19H,8-15H2,1H3,(H,24,26);(H,6,7)/t19-,22-;/m1./s1. The van der Waals surface area contributed by atoms with Crippen LogP contribution in [0.5, 0.6) is 0 Å². The molecule has 1 amide bonds. The molecular weight excluding hydrogens is 505 g/mol. The van der Waals surface area contributed by atoms with Crippen molar-refractivity contribution in [2.45, 2.75) is 44.2 Å². The van der Waals surface area contributed by atoms with E-state index in [4.69, 9.17) is 35.4 Å². The fraction of sp³-hybridized carbons (Fsp3) is 0.500. The highest BCUT2D eigenvalue weighted by Crippen LogP contribution is 2.33. The molecule has 2 aliphatic rings. The normalized spacial score (nSPS) is 22.5. The van der Waals surface area contributed by atoms with E-state index in [9.17, 15) is 18.0 Å². The Bertz CT molecular complexity index is 1030. The molecule has 2 aliphatic heterocycles. The number of hydrogen-bond acceptors (Lipinski definition) is 6. The molecule has 8 nitrogen and oxygen atoms in total. The summed E-state index contributed by atoms with van der Waals surface area (Å²) in [4.78, 5) is 22.4. The highest BCUT2D eigenvalue weighted by atomic mass is 35.5. The minimum atomic E-state index is -5.08. The summed E-state index contributed by atoms with van der Waals surface area (Å²) in [6.45, 7) is 5.68. The van der Waals surface area contributed by atoms with E-state index in [1.807, 2.05) is 36.4 Å². The summed E-state index contributed by atoms with van der Waals surface area (Å²) in [6.07, 6.45) is -3.18. The summed E-state index contributed by atoms with van der Waals surface area (Å²) < 4.78 is 50.0. The number of nitrogens with one attached hydrogen (secondary N) is 1. The van der Waals surface area contributed by atoms with Crippen LogP contribution in [0.25, 0.3) is 11.3 Å². The zero-order chi connectivity index (χ0) is 26.3. The predicted octanol–water partition coefficient (Wildman–Crippen LogP) is 4.12. The van der Waals surface area contributed by atoms with Gasteiger partial charge in [-0.15, -0.1) is 0 Å². The van der Waals surface area contributed by atoms with Crippen LogP contribution in [0.1, 0.15) is 25.5 Å². The van der Waals surface area contributed by atoms with Gasteiger partial charge in [0, 0.05) is 37.1 Å². The molecule has 36 heavy (non-hydrogen) atoms. The molecule has 2 N–H and O–H groups in total. The molecule has 198 valence electrons. The van der Waals surface area contributed by atoms with Gasteiger partial charge < -0.3 is 24.3 Å². The summed E-state index contributed by atoms with van der Waals surface area (Å²) in [6, 6.07) is 11.7. The van der Waals surface area contributed by atoms with Crippen molar-refractivity contribution in [1.82, 2.24) is 10.2 Å². The molecule has 2 aromatic rings. The average Bonchev–Trinajstić information content (AvgIpc) is 3.37. The maximum Gasteiger partial charge on any atom is 0.490 e. The zero-order valence-corrected chi connectivity index (χ0v) is 20.4. The fourth-order valence-corrected chi connectivity index (χ4v) is 4.22. The second-order valence-corrected chi connectivity index (χ2v) is 9.17. The first-order valence-electron chi connectivity index (χ1n) is 11.3. The van der Waals surface area contributed by atoms with Crippen LogP contribution < -0.4 is 5.32 Å². The maximum atomic E-state index is 11.2. The van der Waals surface area contributed by atoms with Gasteiger partial charge in [-0.2, -0.15) is 13.2 Å². The molecule has 2 saturated heterocycles. The van der Waals surface area contributed by atoms with Gasteiger partial charge in [-0.05, 0) is 49.2 Å². The van der Waals surface area contributed by atoms with E-state index in [0.29, 0.717) is 31.3 Å². The summed E-state index contributed by atoms with van der Waals surface area (Å²) >= 11 is 5.97. The lowest BCUT2D eigenvalue weighted by Gasteiger charge is -2.31. The number of nitrogens with zero attached hydrogens (tertiary/aromatic N) is 1. The minimum Gasteiger partial charge on any atom is -0.475 e. The van der Waals surface area contributed by atoms with Crippen molar-refractivity contribution in [1.29, 1.82) is 0 Å². The van der Waals surface area contributed by atoms with E-state index in [-0.39, 0.29) is 17.6 Å². The fourth-order valence-electron chi connectivity index (χ4n) is 4.09. The van der Waals surface area contributed by atoms with E-state index < -0.39 is 12.1 Å². The van der Waals surface area contributed by atoms with Gasteiger partial charge in [0.15, 0.2) is 0 Å². The third kappa shape index (κ3) is 8.22. The topological polar surface area (TPSA) is 101 Å². The molecule has 0 unspecified atom stereocenters. The van der Waals surface area contributed by atoms with E-state index in [1.54, 1.807) is 0 Å². The van der Waals surface area contributed by atoms with Crippen LogP contribution in [0, 0.1) is 0 Å². The number of carbonyl (C=O) groups is 2. The number of aliphatic carboxylic acids is 1. The highest BCUT2D eigenvalue weighted by Gasteiger charge is 2.43. The lowest BCUT2D eigenvalue weighted by atomic mass is 10.00. The van der Waals surface area contributed by atoms with Crippen molar-refractivity contribution in [2.24, 2.45) is 0 Å². The first kappa shape index (κ1) is 28.0. The van der Waals surface area contributed by atoms with E-state index in [2.05, 4.69) is 10.2 Å². The van der Waals surface area contributed by atoms with Crippen molar-refractivity contribution in [2.75, 3.05) is 32.8 Å². The van der Waals surface area contributed by atoms with Gasteiger partial charge in [-0.1, -0.05) is 11.6 Å². The second-order valence-electron chi connectivity index (χ2n) is 8.74. The third-order valence-electron chi connectivity index (χ3n) is 5.76. The number of hydrogen-bond donors (Lipinski definition) is 2. The smallest absolute Gasteiger partial charge is 0.475 e. The molecule has 1 aromatic carbocycles. The number of amides is 1. The van der Waals surface area contributed by atoms with Crippen molar-refractivity contribution in [3.05, 3.63) is 47.2 Å². The lowest BCUT2D eigenvalue weighted by molar-refractivity contribution is -0.192. The average molecular weight is 533 g/mol. The molecule has 12 heteroatoms. The molecular formula is C24H28ClF3N2O6. The van der Waals surface area contributed by atoms with Crippen LogP contribution in [-0.4, -0.2) is 72.6 Å². The number of benzene rings is 1. The van der Waals surface area contributed by atoms with Gasteiger partial charge in [0.2, 0.25) is 5.91 Å². The zero-order valence-electron chi connectivity index (χ0n) is 19.6. The predicted molar refractivity (Wildman–Crippen MR) is 124 cm³/mol. The first-order chi connectivity index (χ1) is 17.0. The molecule has 1 aromatic heterocycles. The van der Waals surface area contributed by atoms with Crippen molar-refractivity contribution < 1.29 is 41.8 Å². The van der Waals surface area contributed by atoms with Crippen LogP contribution >= 0.6 is 11.6 Å². The number of carboxylic acids is 1. The monoisotopic (exact) mass is 532 g/mol. The number of ether oxygens (including phenoxy) is 2. The van der Waals surface area contributed by atoms with Crippen LogP contribution in [0.4, 0.5) is 13.2 Å². The van der Waals surface area contributed by atoms with Crippen LogP contribution in [0.15, 0.2) is 40.8 Å². The Morgan fingerprint density at radius 3 is 2.56 bits per heavy atom. The number of rotatable bonds is 5. The number of carboxylic acid groups (broad SMARTS) is 1. The van der Waals surface area contributed by atoms with Crippen molar-refractivity contribution in [3.8, 4) is 11.3 Å². The largest absolute Gasteiger partial charge is 0.490 e. The van der Waals surface area contributed by atoms with Gasteiger partial charge in [0.1, 0.15) is 17.1 Å². The molecule has 0 bridgehead atoms. The molecule has 1 spiro atoms. The Kier molecular flexibility index (Phi) is 9.40. The van der Waals surface area contributed by atoms with Crippen molar-refractivity contribution in [3.63, 3.8) is 0 Å². The summed E-state index contributed by atoms with van der Waals surface area (Å²) in [5.41, 5.74) is 0.696. The molecule has 4 rings (SSSR count). The lowest BCUT2D eigenvalue weighted by Crippen LogP contribution is -2.45. The van der Waals surface area contributed by atoms with Gasteiger partial charge in [-0.3, -0.25) is 9.69 Å². The minimum absolute atomic E-state index is 0.0254. The highest BCUT2D eigenvalue weighted by molar-refractivity contribution is 6.30. The van der Waals surface area contributed by atoms with E-state index in [1.165, 1.54) is 6.92 Å². The van der Waals surface area contributed by atoms with E-state index in [0.717, 1.165) is 43.0 Å². The molecule has 0 radical (unpaired) electrons. The van der Waals surface area contributed by atoms with Gasteiger partial charge >= 0.3 is 12.1 Å². The molecule has 3 heterocycles. The molecule has 2 atom stereocenters. The third-order valence-corrected chi connectivity index (χ3v) is 6.01. The number of halogens is 4. The SMILES string of the molecule is CC(=O)NC[C@H]1CC[C@@]2(COCCN(Cc3ccc(-c4ccc(Cl)cc4)o3)C2)O1.O=C(O)C(F)(F)F. The first-order valence-corrected chi connectivity index (χ1v) is 11.7.